The molecule has 0 aliphatic rings. The van der Waals surface area contributed by atoms with Crippen LogP contribution < -0.4 is 10.5 Å². The van der Waals surface area contributed by atoms with Crippen LogP contribution in [0.2, 0.25) is 0 Å². The zero-order valence-corrected chi connectivity index (χ0v) is 10.8. The number of benzene rings is 1. The van der Waals surface area contributed by atoms with Gasteiger partial charge in [-0.25, -0.2) is 0 Å². The van der Waals surface area contributed by atoms with Crippen molar-refractivity contribution in [2.24, 2.45) is 5.73 Å². The molecule has 1 aromatic heterocycles. The van der Waals surface area contributed by atoms with E-state index in [1.165, 1.54) is 0 Å². The van der Waals surface area contributed by atoms with Crippen LogP contribution in [0, 0.1) is 0 Å². The Balaban J connectivity index is 2.17. The highest BCUT2D eigenvalue weighted by Crippen LogP contribution is 2.21. The van der Waals surface area contributed by atoms with E-state index >= 15 is 0 Å². The zero-order valence-electron chi connectivity index (χ0n) is 10.8. The van der Waals surface area contributed by atoms with Crippen molar-refractivity contribution in [2.75, 3.05) is 0 Å². The lowest BCUT2D eigenvalue weighted by Crippen LogP contribution is -2.05. The van der Waals surface area contributed by atoms with Crippen LogP contribution in [0.5, 0.6) is 5.75 Å². The average molecular weight is 247 g/mol. The Morgan fingerprint density at radius 3 is 2.33 bits per heavy atom. The molecule has 18 heavy (non-hydrogen) atoms. The summed E-state index contributed by atoms with van der Waals surface area (Å²) in [5.41, 5.74) is 6.54. The first-order chi connectivity index (χ1) is 8.56. The van der Waals surface area contributed by atoms with Crippen LogP contribution in [0.4, 0.5) is 0 Å². The molecule has 0 saturated carbocycles. The van der Waals surface area contributed by atoms with E-state index in [9.17, 15) is 0 Å². The summed E-state index contributed by atoms with van der Waals surface area (Å²) in [6.45, 7) is 5.78. The Bertz CT molecular complexity index is 503. The van der Waals surface area contributed by atoms with E-state index in [2.05, 4.69) is 10.1 Å². The van der Waals surface area contributed by atoms with Crippen molar-refractivity contribution in [2.45, 2.75) is 32.9 Å². The summed E-state index contributed by atoms with van der Waals surface area (Å²) in [7, 11) is 0. The molecule has 1 atom stereocenters. The van der Waals surface area contributed by atoms with Crippen molar-refractivity contribution < 1.29 is 9.26 Å². The second-order valence-electron chi connectivity index (χ2n) is 4.44. The van der Waals surface area contributed by atoms with Crippen molar-refractivity contribution in [3.63, 3.8) is 0 Å². The number of ether oxygens (including phenoxy) is 1. The fraction of sp³-hybridized carbons (Fsp3) is 0.385. The molecule has 0 saturated heterocycles. The summed E-state index contributed by atoms with van der Waals surface area (Å²) in [5, 5.41) is 3.89. The first-order valence-corrected chi connectivity index (χ1v) is 5.92. The standard InChI is InChI=1S/C13H17N3O2/c1-8(2)17-11-6-4-10(5-7-11)12-15-13(9(3)14)18-16-12/h4-9H,14H2,1-3H3. The Morgan fingerprint density at radius 2 is 1.83 bits per heavy atom. The summed E-state index contributed by atoms with van der Waals surface area (Å²) in [4.78, 5) is 4.23. The van der Waals surface area contributed by atoms with Crippen LogP contribution in [0.1, 0.15) is 32.7 Å². The van der Waals surface area contributed by atoms with Crippen molar-refractivity contribution >= 4 is 0 Å². The third-order valence-corrected chi connectivity index (χ3v) is 2.32. The van der Waals surface area contributed by atoms with E-state index in [1.807, 2.05) is 38.1 Å². The lowest BCUT2D eigenvalue weighted by atomic mass is 10.2. The van der Waals surface area contributed by atoms with Gasteiger partial charge in [0.1, 0.15) is 5.75 Å². The van der Waals surface area contributed by atoms with Crippen molar-refractivity contribution in [3.8, 4) is 17.1 Å². The number of nitrogens with two attached hydrogens (primary N) is 1. The molecule has 2 aromatic rings. The number of nitrogens with zero attached hydrogens (tertiary/aromatic N) is 2. The lowest BCUT2D eigenvalue weighted by molar-refractivity contribution is 0.242. The molecule has 0 amide bonds. The Morgan fingerprint density at radius 1 is 1.17 bits per heavy atom. The predicted octanol–water partition coefficient (Wildman–Crippen LogP) is 2.54. The smallest absolute Gasteiger partial charge is 0.243 e. The molecule has 96 valence electrons. The molecular weight excluding hydrogens is 230 g/mol. The number of aromatic nitrogens is 2. The van der Waals surface area contributed by atoms with E-state index in [4.69, 9.17) is 15.0 Å². The van der Waals surface area contributed by atoms with Gasteiger partial charge in [-0.05, 0) is 45.0 Å². The first kappa shape index (κ1) is 12.6. The maximum Gasteiger partial charge on any atom is 0.243 e. The van der Waals surface area contributed by atoms with E-state index in [0.29, 0.717) is 11.7 Å². The van der Waals surface area contributed by atoms with Crippen LogP contribution in [0.25, 0.3) is 11.4 Å². The van der Waals surface area contributed by atoms with Crippen molar-refractivity contribution in [3.05, 3.63) is 30.2 Å². The third-order valence-electron chi connectivity index (χ3n) is 2.32. The fourth-order valence-electron chi connectivity index (χ4n) is 1.49. The SMILES string of the molecule is CC(C)Oc1ccc(-c2noc(C(C)N)n2)cc1. The second-order valence-corrected chi connectivity index (χ2v) is 4.44. The number of rotatable bonds is 4. The summed E-state index contributed by atoms with van der Waals surface area (Å²) in [6, 6.07) is 7.31. The van der Waals surface area contributed by atoms with Gasteiger partial charge in [-0.2, -0.15) is 4.98 Å². The minimum absolute atomic E-state index is 0.158. The summed E-state index contributed by atoms with van der Waals surface area (Å²) >= 11 is 0. The van der Waals surface area contributed by atoms with Gasteiger partial charge >= 0.3 is 0 Å². The summed E-state index contributed by atoms with van der Waals surface area (Å²) < 4.78 is 10.6. The summed E-state index contributed by atoms with van der Waals surface area (Å²) in [5.74, 6) is 1.80. The Kier molecular flexibility index (Phi) is 3.62. The molecule has 0 aliphatic carbocycles. The highest BCUT2D eigenvalue weighted by molar-refractivity contribution is 5.55. The van der Waals surface area contributed by atoms with Gasteiger partial charge in [0, 0.05) is 5.56 Å². The van der Waals surface area contributed by atoms with E-state index < -0.39 is 0 Å². The number of hydrogen-bond acceptors (Lipinski definition) is 5. The molecular formula is C13H17N3O2. The van der Waals surface area contributed by atoms with Gasteiger partial charge in [-0.3, -0.25) is 0 Å². The number of hydrogen-bond donors (Lipinski definition) is 1. The van der Waals surface area contributed by atoms with Crippen LogP contribution in [0.3, 0.4) is 0 Å². The molecule has 0 bridgehead atoms. The maximum atomic E-state index is 5.67. The minimum atomic E-state index is -0.255. The lowest BCUT2D eigenvalue weighted by Gasteiger charge is -2.09. The monoisotopic (exact) mass is 247 g/mol. The maximum absolute atomic E-state index is 5.67. The molecule has 2 rings (SSSR count). The van der Waals surface area contributed by atoms with Gasteiger partial charge < -0.3 is 15.0 Å². The van der Waals surface area contributed by atoms with Crippen LogP contribution in [0.15, 0.2) is 28.8 Å². The van der Waals surface area contributed by atoms with Gasteiger partial charge in [0.25, 0.3) is 0 Å². The highest BCUT2D eigenvalue weighted by atomic mass is 16.5. The van der Waals surface area contributed by atoms with Gasteiger partial charge in [-0.1, -0.05) is 5.16 Å². The predicted molar refractivity (Wildman–Crippen MR) is 68.1 cm³/mol. The topological polar surface area (TPSA) is 74.2 Å². The normalized spacial score (nSPS) is 12.7. The van der Waals surface area contributed by atoms with E-state index in [0.717, 1.165) is 11.3 Å². The molecule has 5 heteroatoms. The van der Waals surface area contributed by atoms with Gasteiger partial charge in [0.2, 0.25) is 11.7 Å². The Labute approximate surface area is 106 Å². The Hall–Kier alpha value is -1.88. The van der Waals surface area contributed by atoms with Crippen LogP contribution in [-0.2, 0) is 0 Å². The van der Waals surface area contributed by atoms with Crippen molar-refractivity contribution in [1.82, 2.24) is 10.1 Å². The van der Waals surface area contributed by atoms with Gasteiger partial charge in [0.15, 0.2) is 0 Å². The molecule has 1 heterocycles. The van der Waals surface area contributed by atoms with Crippen LogP contribution >= 0.6 is 0 Å². The fourth-order valence-corrected chi connectivity index (χ4v) is 1.49. The molecule has 0 aliphatic heterocycles. The highest BCUT2D eigenvalue weighted by Gasteiger charge is 2.11. The summed E-state index contributed by atoms with van der Waals surface area (Å²) in [6.07, 6.45) is 0.158. The van der Waals surface area contributed by atoms with Gasteiger partial charge in [-0.15, -0.1) is 0 Å². The molecule has 5 nitrogen and oxygen atoms in total. The average Bonchev–Trinajstić information content (AvgIpc) is 2.78. The quantitative estimate of drug-likeness (QED) is 0.898. The molecule has 0 spiro atoms. The molecule has 0 radical (unpaired) electrons. The zero-order chi connectivity index (χ0) is 13.1. The third kappa shape index (κ3) is 2.87. The largest absolute Gasteiger partial charge is 0.491 e. The first-order valence-electron chi connectivity index (χ1n) is 5.92. The second kappa shape index (κ2) is 5.18. The molecule has 1 unspecified atom stereocenters. The van der Waals surface area contributed by atoms with Crippen LogP contribution in [-0.4, -0.2) is 16.2 Å². The van der Waals surface area contributed by atoms with Crippen molar-refractivity contribution in [1.29, 1.82) is 0 Å². The molecule has 2 N–H and O–H groups in total. The molecule has 1 aromatic carbocycles. The van der Waals surface area contributed by atoms with E-state index in [1.54, 1.807) is 6.92 Å². The van der Waals surface area contributed by atoms with Gasteiger partial charge in [0.05, 0.1) is 12.1 Å². The minimum Gasteiger partial charge on any atom is -0.491 e. The molecule has 0 fully saturated rings. The van der Waals surface area contributed by atoms with E-state index in [-0.39, 0.29) is 12.1 Å².